The number of aliphatic hydroxyl groups excluding tert-OH is 1. The van der Waals surface area contributed by atoms with Crippen molar-refractivity contribution >= 4 is 5.78 Å². The smallest absolute Gasteiger partial charge is 0.187 e. The van der Waals surface area contributed by atoms with Crippen LogP contribution in [0.5, 0.6) is 0 Å². The summed E-state index contributed by atoms with van der Waals surface area (Å²) in [5.41, 5.74) is 2.28. The van der Waals surface area contributed by atoms with Crippen molar-refractivity contribution < 1.29 is 9.90 Å². The van der Waals surface area contributed by atoms with Crippen molar-refractivity contribution in [2.75, 3.05) is 0 Å². The summed E-state index contributed by atoms with van der Waals surface area (Å²) in [4.78, 5) is 11.6. The van der Waals surface area contributed by atoms with Gasteiger partial charge in [0.25, 0.3) is 0 Å². The van der Waals surface area contributed by atoms with Gasteiger partial charge in [0.15, 0.2) is 5.78 Å². The zero-order chi connectivity index (χ0) is 12.3. The lowest BCUT2D eigenvalue weighted by atomic mass is 10.00. The minimum Gasteiger partial charge on any atom is -0.388 e. The molecule has 0 heterocycles. The molecule has 0 aromatic heterocycles. The highest BCUT2D eigenvalue weighted by atomic mass is 16.3. The Morgan fingerprint density at radius 2 is 2.00 bits per heavy atom. The van der Waals surface area contributed by atoms with Crippen LogP contribution in [-0.4, -0.2) is 17.0 Å². The first-order chi connectivity index (χ1) is 8.18. The Labute approximate surface area is 101 Å². The number of carbonyl (C=O) groups is 1. The van der Waals surface area contributed by atoms with Crippen LogP contribution < -0.4 is 0 Å². The minimum absolute atomic E-state index is 0.0782. The molecule has 2 heteroatoms. The highest BCUT2D eigenvalue weighted by Gasteiger charge is 2.24. The van der Waals surface area contributed by atoms with E-state index in [0.717, 1.165) is 6.42 Å². The van der Waals surface area contributed by atoms with Gasteiger partial charge in [0.2, 0.25) is 0 Å². The van der Waals surface area contributed by atoms with Crippen LogP contribution in [0, 0.1) is 0 Å². The monoisotopic (exact) mass is 228 g/mol. The highest BCUT2D eigenvalue weighted by Crippen LogP contribution is 2.23. The van der Waals surface area contributed by atoms with E-state index < -0.39 is 6.10 Å². The van der Waals surface area contributed by atoms with E-state index in [2.05, 4.69) is 6.58 Å². The van der Waals surface area contributed by atoms with Gasteiger partial charge in [0, 0.05) is 5.57 Å². The first kappa shape index (κ1) is 11.8. The van der Waals surface area contributed by atoms with Crippen molar-refractivity contribution in [3.63, 3.8) is 0 Å². The summed E-state index contributed by atoms with van der Waals surface area (Å²) in [6, 6.07) is 9.97. The second-order valence-electron chi connectivity index (χ2n) is 4.34. The second kappa shape index (κ2) is 5.11. The zero-order valence-corrected chi connectivity index (χ0v) is 9.73. The van der Waals surface area contributed by atoms with Crippen molar-refractivity contribution in [2.24, 2.45) is 0 Å². The second-order valence-corrected chi connectivity index (χ2v) is 4.34. The molecule has 1 atom stereocenters. The maximum Gasteiger partial charge on any atom is 0.187 e. The van der Waals surface area contributed by atoms with Gasteiger partial charge in [-0.1, -0.05) is 43.0 Å². The van der Waals surface area contributed by atoms with Crippen molar-refractivity contribution in [3.8, 4) is 0 Å². The number of hydrogen-bond acceptors (Lipinski definition) is 2. The van der Waals surface area contributed by atoms with Crippen LogP contribution in [0.4, 0.5) is 0 Å². The standard InChI is InChI=1S/C15H16O2/c1-11-7-9-13(15(11)17)14(16)10-8-12-5-3-2-4-6-12/h2-6,9,14,16H,1,7-8,10H2. The number of carbonyl (C=O) groups excluding carboxylic acids is 1. The molecule has 1 aromatic carbocycles. The van der Waals surface area contributed by atoms with E-state index in [1.807, 2.05) is 30.3 Å². The van der Waals surface area contributed by atoms with Crippen LogP contribution in [0.15, 0.2) is 54.1 Å². The van der Waals surface area contributed by atoms with Gasteiger partial charge in [0.1, 0.15) is 0 Å². The number of aliphatic hydroxyl groups is 1. The molecule has 1 aliphatic rings. The van der Waals surface area contributed by atoms with E-state index in [9.17, 15) is 9.90 Å². The fourth-order valence-corrected chi connectivity index (χ4v) is 2.01. The lowest BCUT2D eigenvalue weighted by Gasteiger charge is -2.10. The van der Waals surface area contributed by atoms with E-state index in [4.69, 9.17) is 0 Å². The zero-order valence-electron chi connectivity index (χ0n) is 9.73. The first-order valence-corrected chi connectivity index (χ1v) is 5.83. The predicted octanol–water partition coefficient (Wildman–Crippen LogP) is 2.44. The average molecular weight is 228 g/mol. The largest absolute Gasteiger partial charge is 0.388 e. The molecule has 1 aromatic rings. The van der Waals surface area contributed by atoms with Crippen LogP contribution in [0.2, 0.25) is 0 Å². The van der Waals surface area contributed by atoms with E-state index in [0.29, 0.717) is 24.0 Å². The topological polar surface area (TPSA) is 37.3 Å². The third-order valence-electron chi connectivity index (χ3n) is 3.06. The van der Waals surface area contributed by atoms with Crippen molar-refractivity contribution in [3.05, 3.63) is 59.7 Å². The van der Waals surface area contributed by atoms with Crippen LogP contribution in [0.3, 0.4) is 0 Å². The van der Waals surface area contributed by atoms with Crippen molar-refractivity contribution in [1.82, 2.24) is 0 Å². The summed E-state index contributed by atoms with van der Waals surface area (Å²) in [6.07, 6.45) is 3.06. The third-order valence-corrected chi connectivity index (χ3v) is 3.06. The normalized spacial score (nSPS) is 17.1. The molecule has 0 saturated carbocycles. The van der Waals surface area contributed by atoms with Gasteiger partial charge in [-0.3, -0.25) is 4.79 Å². The van der Waals surface area contributed by atoms with Gasteiger partial charge < -0.3 is 5.11 Å². The van der Waals surface area contributed by atoms with Crippen LogP contribution in [0.1, 0.15) is 18.4 Å². The van der Waals surface area contributed by atoms with Gasteiger partial charge in [-0.15, -0.1) is 0 Å². The number of benzene rings is 1. The summed E-state index contributed by atoms with van der Waals surface area (Å²) in [6.45, 7) is 3.67. The summed E-state index contributed by atoms with van der Waals surface area (Å²) in [5, 5.41) is 9.97. The van der Waals surface area contributed by atoms with Gasteiger partial charge in [-0.25, -0.2) is 0 Å². The summed E-state index contributed by atoms with van der Waals surface area (Å²) in [7, 11) is 0. The SMILES string of the molecule is C=C1CC=C(C(O)CCc2ccccc2)C1=O. The molecule has 0 saturated heterocycles. The molecule has 2 nitrogen and oxygen atoms in total. The molecule has 1 unspecified atom stereocenters. The quantitative estimate of drug-likeness (QED) is 0.804. The molecule has 17 heavy (non-hydrogen) atoms. The Morgan fingerprint density at radius 1 is 1.29 bits per heavy atom. The number of Topliss-reactive ketones (excluding diaryl/α,β-unsaturated/α-hetero) is 1. The average Bonchev–Trinajstić information content (AvgIpc) is 2.69. The summed E-state index contributed by atoms with van der Waals surface area (Å²) in [5.74, 6) is -0.0782. The van der Waals surface area contributed by atoms with Gasteiger partial charge >= 0.3 is 0 Å². The number of aryl methyl sites for hydroxylation is 1. The van der Waals surface area contributed by atoms with E-state index in [1.165, 1.54) is 5.56 Å². The predicted molar refractivity (Wildman–Crippen MR) is 67.6 cm³/mol. The van der Waals surface area contributed by atoms with Gasteiger partial charge in [0.05, 0.1) is 6.10 Å². The van der Waals surface area contributed by atoms with Gasteiger partial charge in [-0.05, 0) is 30.4 Å². The molecule has 0 radical (unpaired) electrons. The molecule has 0 amide bonds. The summed E-state index contributed by atoms with van der Waals surface area (Å²) >= 11 is 0. The fourth-order valence-electron chi connectivity index (χ4n) is 2.01. The third kappa shape index (κ3) is 2.71. The lowest BCUT2D eigenvalue weighted by molar-refractivity contribution is -0.112. The van der Waals surface area contributed by atoms with E-state index in [1.54, 1.807) is 6.08 Å². The van der Waals surface area contributed by atoms with Crippen LogP contribution in [0.25, 0.3) is 0 Å². The molecule has 0 fully saturated rings. The van der Waals surface area contributed by atoms with Gasteiger partial charge in [-0.2, -0.15) is 0 Å². The number of allylic oxidation sites excluding steroid dienone is 2. The first-order valence-electron chi connectivity index (χ1n) is 5.83. The van der Waals surface area contributed by atoms with Crippen LogP contribution >= 0.6 is 0 Å². The molecule has 88 valence electrons. The van der Waals surface area contributed by atoms with Crippen molar-refractivity contribution in [2.45, 2.75) is 25.4 Å². The van der Waals surface area contributed by atoms with Crippen molar-refractivity contribution in [1.29, 1.82) is 0 Å². The maximum atomic E-state index is 11.6. The Morgan fingerprint density at radius 3 is 2.59 bits per heavy atom. The molecule has 0 bridgehead atoms. The van der Waals surface area contributed by atoms with E-state index >= 15 is 0 Å². The van der Waals surface area contributed by atoms with E-state index in [-0.39, 0.29) is 5.78 Å². The molecule has 0 aliphatic heterocycles. The number of hydrogen-bond donors (Lipinski definition) is 1. The molecular weight excluding hydrogens is 212 g/mol. The Kier molecular flexibility index (Phi) is 3.55. The Bertz CT molecular complexity index is 457. The molecular formula is C15H16O2. The Hall–Kier alpha value is -1.67. The number of rotatable bonds is 4. The molecule has 2 rings (SSSR count). The highest BCUT2D eigenvalue weighted by molar-refractivity contribution is 6.11. The van der Waals surface area contributed by atoms with Crippen LogP contribution in [-0.2, 0) is 11.2 Å². The molecule has 0 spiro atoms. The molecule has 1 aliphatic carbocycles. The molecule has 1 N–H and O–H groups in total. The Balaban J connectivity index is 1.92. The summed E-state index contributed by atoms with van der Waals surface area (Å²) < 4.78 is 0. The fraction of sp³-hybridized carbons (Fsp3) is 0.267. The minimum atomic E-state index is -0.665. The number of ketones is 1. The maximum absolute atomic E-state index is 11.6. The lowest BCUT2D eigenvalue weighted by Crippen LogP contribution is -2.16.